The Morgan fingerprint density at radius 1 is 0.621 bits per heavy atom. The van der Waals surface area contributed by atoms with Gasteiger partial charge in [-0.3, -0.25) is 9.59 Å². The Morgan fingerprint density at radius 3 is 1.10 bits per heavy atom. The van der Waals surface area contributed by atoms with Gasteiger partial charge in [0.25, 0.3) is 0 Å². The summed E-state index contributed by atoms with van der Waals surface area (Å²) in [5, 5.41) is 40.1. The van der Waals surface area contributed by atoms with Crippen molar-refractivity contribution in [2.24, 2.45) is 21.7 Å². The second kappa shape index (κ2) is 6.25. The van der Waals surface area contributed by atoms with Crippen molar-refractivity contribution >= 4 is 23.9 Å². The lowest BCUT2D eigenvalue weighted by Crippen LogP contribution is -2.57. The zero-order valence-corrected chi connectivity index (χ0v) is 17.7. The highest BCUT2D eigenvalue weighted by atomic mass is 16.6. The summed E-state index contributed by atoms with van der Waals surface area (Å²) < 4.78 is 5.16. The average Bonchev–Trinajstić information content (AvgIpc) is 2.92. The van der Waals surface area contributed by atoms with E-state index in [0.717, 1.165) is 0 Å². The van der Waals surface area contributed by atoms with E-state index in [2.05, 4.69) is 0 Å². The van der Waals surface area contributed by atoms with Crippen LogP contribution in [0.1, 0.15) is 67.2 Å². The number of rotatable bonds is 4. The Bertz CT molecular complexity index is 721. The van der Waals surface area contributed by atoms with Crippen LogP contribution < -0.4 is 0 Å². The van der Waals surface area contributed by atoms with Crippen LogP contribution in [0.25, 0.3) is 0 Å². The molecule has 0 bridgehead atoms. The number of aliphatic carboxylic acids is 2. The predicted molar refractivity (Wildman–Crippen MR) is 98.5 cm³/mol. The molecule has 0 radical (unpaired) electrons. The van der Waals surface area contributed by atoms with Crippen LogP contribution in [0.5, 0.6) is 0 Å². The minimum Gasteiger partial charge on any atom is -0.479 e. The Labute approximate surface area is 169 Å². The fourth-order valence-electron chi connectivity index (χ4n) is 4.80. The van der Waals surface area contributed by atoms with Crippen LogP contribution in [0.2, 0.25) is 0 Å². The summed E-state index contributed by atoms with van der Waals surface area (Å²) in [4.78, 5) is 49.2. The lowest BCUT2D eigenvalue weighted by atomic mass is 9.63. The second-order valence-electron chi connectivity index (χ2n) is 9.92. The molecule has 4 atom stereocenters. The third-order valence-electron chi connectivity index (χ3n) is 8.59. The summed E-state index contributed by atoms with van der Waals surface area (Å²) in [7, 11) is 0. The molecule has 4 unspecified atom stereocenters. The lowest BCUT2D eigenvalue weighted by molar-refractivity contribution is -0.192. The van der Waals surface area contributed by atoms with Crippen molar-refractivity contribution in [1.29, 1.82) is 0 Å². The fourth-order valence-corrected chi connectivity index (χ4v) is 4.80. The molecule has 29 heavy (non-hydrogen) atoms. The SMILES string of the molecule is CC1(C(=O)OC(=O)C2(C)CCC(O)(C(=O)O)C2(C)C)CCC(O)(C(=O)O)C1(C)C. The molecule has 2 aliphatic rings. The third-order valence-corrected chi connectivity index (χ3v) is 8.59. The van der Waals surface area contributed by atoms with E-state index in [4.69, 9.17) is 4.74 Å². The van der Waals surface area contributed by atoms with Crippen molar-refractivity contribution in [3.8, 4) is 0 Å². The van der Waals surface area contributed by atoms with Gasteiger partial charge in [0.15, 0.2) is 11.2 Å². The first-order valence-electron chi connectivity index (χ1n) is 9.53. The Morgan fingerprint density at radius 2 is 0.897 bits per heavy atom. The third kappa shape index (κ3) is 2.59. The molecule has 9 heteroatoms. The number of carboxylic acid groups (broad SMARTS) is 2. The minimum absolute atomic E-state index is 0.00587. The van der Waals surface area contributed by atoms with E-state index >= 15 is 0 Å². The van der Waals surface area contributed by atoms with Gasteiger partial charge in [0, 0.05) is 10.8 Å². The molecule has 0 aromatic rings. The highest BCUT2D eigenvalue weighted by molar-refractivity contribution is 5.95. The van der Waals surface area contributed by atoms with E-state index in [1.165, 1.54) is 41.5 Å². The second-order valence-corrected chi connectivity index (χ2v) is 9.92. The molecule has 0 aliphatic heterocycles. The molecule has 2 aliphatic carbocycles. The first kappa shape index (κ1) is 23.3. The van der Waals surface area contributed by atoms with Gasteiger partial charge in [-0.1, -0.05) is 27.7 Å². The highest BCUT2D eigenvalue weighted by Gasteiger charge is 2.70. The molecule has 0 amide bonds. The quantitative estimate of drug-likeness (QED) is 0.393. The molecule has 9 nitrogen and oxygen atoms in total. The highest BCUT2D eigenvalue weighted by Crippen LogP contribution is 2.61. The minimum atomic E-state index is -2.16. The summed E-state index contributed by atoms with van der Waals surface area (Å²) in [5.41, 5.74) is -10.1. The molecule has 4 N–H and O–H groups in total. The maximum absolute atomic E-state index is 13.0. The van der Waals surface area contributed by atoms with Gasteiger partial charge in [0.05, 0.1) is 10.8 Å². The van der Waals surface area contributed by atoms with Crippen molar-refractivity contribution in [2.45, 2.75) is 78.4 Å². The van der Waals surface area contributed by atoms with Crippen LogP contribution in [0.4, 0.5) is 0 Å². The van der Waals surface area contributed by atoms with Gasteiger partial charge in [-0.15, -0.1) is 0 Å². The van der Waals surface area contributed by atoms with E-state index in [1.54, 1.807) is 0 Å². The molecule has 2 rings (SSSR count). The van der Waals surface area contributed by atoms with Gasteiger partial charge in [-0.05, 0) is 39.5 Å². The summed E-state index contributed by atoms with van der Waals surface area (Å²) in [6, 6.07) is 0. The standard InChI is InChI=1S/C20H30O9/c1-15(2)17(5,7-9-19(15,27)11(21)22)13(25)29-14(26)18(6)8-10-20(28,12(23)24)16(18,3)4/h27-28H,7-10H2,1-6H3,(H,21,22)(H,23,24). The Kier molecular flexibility index (Phi) is 5.02. The van der Waals surface area contributed by atoms with E-state index in [9.17, 15) is 39.6 Å². The van der Waals surface area contributed by atoms with E-state index < -0.39 is 56.7 Å². The molecule has 0 saturated heterocycles. The molecule has 164 valence electrons. The molecule has 0 aromatic carbocycles. The average molecular weight is 414 g/mol. The van der Waals surface area contributed by atoms with Gasteiger partial charge >= 0.3 is 23.9 Å². The maximum atomic E-state index is 13.0. The topological polar surface area (TPSA) is 158 Å². The van der Waals surface area contributed by atoms with Gasteiger partial charge < -0.3 is 25.2 Å². The lowest BCUT2D eigenvalue weighted by Gasteiger charge is -2.44. The summed E-state index contributed by atoms with van der Waals surface area (Å²) in [5.74, 6) is -4.87. The largest absolute Gasteiger partial charge is 0.479 e. The Hall–Kier alpha value is -2.00. The first-order chi connectivity index (χ1) is 12.8. The van der Waals surface area contributed by atoms with Gasteiger partial charge in [-0.2, -0.15) is 0 Å². The predicted octanol–water partition coefficient (Wildman–Crippen LogP) is 1.34. The molecule has 2 saturated carbocycles. The zero-order chi connectivity index (χ0) is 22.8. The molecule has 0 spiro atoms. The number of carboxylic acids is 2. The van der Waals surface area contributed by atoms with E-state index in [0.29, 0.717) is 0 Å². The number of aliphatic hydroxyl groups is 2. The molecule has 0 aromatic heterocycles. The van der Waals surface area contributed by atoms with Crippen LogP contribution in [0, 0.1) is 21.7 Å². The van der Waals surface area contributed by atoms with Crippen molar-refractivity contribution < 1.29 is 44.3 Å². The monoisotopic (exact) mass is 414 g/mol. The van der Waals surface area contributed by atoms with Gasteiger partial charge in [0.2, 0.25) is 0 Å². The first-order valence-corrected chi connectivity index (χ1v) is 9.53. The van der Waals surface area contributed by atoms with Crippen LogP contribution in [-0.4, -0.2) is 55.5 Å². The Balaban J connectivity index is 2.34. The van der Waals surface area contributed by atoms with Crippen molar-refractivity contribution in [3.63, 3.8) is 0 Å². The van der Waals surface area contributed by atoms with E-state index in [1.807, 2.05) is 0 Å². The normalized spacial score (nSPS) is 40.4. The van der Waals surface area contributed by atoms with Gasteiger partial charge in [0.1, 0.15) is 0 Å². The van der Waals surface area contributed by atoms with Gasteiger partial charge in [-0.25, -0.2) is 9.59 Å². The number of ether oxygens (including phenoxy) is 1. The maximum Gasteiger partial charge on any atom is 0.336 e. The summed E-state index contributed by atoms with van der Waals surface area (Å²) in [6.45, 7) is 8.63. The molecular weight excluding hydrogens is 384 g/mol. The molecule has 0 heterocycles. The van der Waals surface area contributed by atoms with Crippen LogP contribution in [0.15, 0.2) is 0 Å². The smallest absolute Gasteiger partial charge is 0.336 e. The fraction of sp³-hybridized carbons (Fsp3) is 0.800. The number of hydrogen-bond acceptors (Lipinski definition) is 7. The van der Waals surface area contributed by atoms with Crippen LogP contribution >= 0.6 is 0 Å². The van der Waals surface area contributed by atoms with Crippen LogP contribution in [-0.2, 0) is 23.9 Å². The zero-order valence-electron chi connectivity index (χ0n) is 17.7. The van der Waals surface area contributed by atoms with Crippen molar-refractivity contribution in [3.05, 3.63) is 0 Å². The van der Waals surface area contributed by atoms with E-state index in [-0.39, 0.29) is 25.7 Å². The van der Waals surface area contributed by atoms with Crippen LogP contribution in [0.3, 0.4) is 0 Å². The number of hydrogen-bond donors (Lipinski definition) is 4. The van der Waals surface area contributed by atoms with Crippen molar-refractivity contribution in [2.75, 3.05) is 0 Å². The molecule has 2 fully saturated rings. The number of carbonyl (C=O) groups is 4. The van der Waals surface area contributed by atoms with Crippen molar-refractivity contribution in [1.82, 2.24) is 0 Å². The molecular formula is C20H30O9. The summed E-state index contributed by atoms with van der Waals surface area (Å²) >= 11 is 0. The number of esters is 2. The summed E-state index contributed by atoms with van der Waals surface area (Å²) in [6.07, 6.45) is -0.379. The number of carbonyl (C=O) groups excluding carboxylic acids is 2.